The molecule has 2 aromatic rings. The molecule has 0 aliphatic carbocycles. The summed E-state index contributed by atoms with van der Waals surface area (Å²) in [6, 6.07) is 11.6. The van der Waals surface area contributed by atoms with Crippen LogP contribution < -0.4 is 15.5 Å². The number of imide groups is 1. The SMILES string of the molecule is CC(C)c1cccc(N(C)CC(=O)NC(=O)NCCc2cccs2)c1. The highest BCUT2D eigenvalue weighted by Crippen LogP contribution is 2.20. The summed E-state index contributed by atoms with van der Waals surface area (Å²) in [5, 5.41) is 7.08. The molecular formula is C19H25N3O2S. The summed E-state index contributed by atoms with van der Waals surface area (Å²) in [6.07, 6.45) is 0.765. The molecule has 1 heterocycles. The van der Waals surface area contributed by atoms with Gasteiger partial charge in [0.2, 0.25) is 5.91 Å². The van der Waals surface area contributed by atoms with Crippen molar-refractivity contribution >= 4 is 29.0 Å². The number of likely N-dealkylation sites (N-methyl/N-ethyl adjacent to an activating group) is 1. The maximum atomic E-state index is 12.0. The van der Waals surface area contributed by atoms with E-state index in [1.165, 1.54) is 10.4 Å². The van der Waals surface area contributed by atoms with E-state index in [2.05, 4.69) is 36.6 Å². The molecule has 0 unspecified atom stereocenters. The first-order chi connectivity index (χ1) is 12.0. The molecule has 0 spiro atoms. The maximum absolute atomic E-state index is 12.0. The lowest BCUT2D eigenvalue weighted by Crippen LogP contribution is -2.44. The third-order valence-electron chi connectivity index (χ3n) is 3.85. The van der Waals surface area contributed by atoms with E-state index in [9.17, 15) is 9.59 Å². The zero-order valence-electron chi connectivity index (χ0n) is 14.9. The van der Waals surface area contributed by atoms with Crippen LogP contribution in [0, 0.1) is 0 Å². The van der Waals surface area contributed by atoms with E-state index in [-0.39, 0.29) is 12.5 Å². The predicted octanol–water partition coefficient (Wildman–Crippen LogP) is 3.38. The summed E-state index contributed by atoms with van der Waals surface area (Å²) in [5.74, 6) is 0.0994. The van der Waals surface area contributed by atoms with Crippen molar-refractivity contribution in [1.29, 1.82) is 0 Å². The molecule has 5 nitrogen and oxygen atoms in total. The van der Waals surface area contributed by atoms with Crippen LogP contribution >= 0.6 is 11.3 Å². The van der Waals surface area contributed by atoms with E-state index >= 15 is 0 Å². The quantitative estimate of drug-likeness (QED) is 0.797. The Labute approximate surface area is 153 Å². The van der Waals surface area contributed by atoms with E-state index in [1.54, 1.807) is 11.3 Å². The monoisotopic (exact) mass is 359 g/mol. The van der Waals surface area contributed by atoms with E-state index in [1.807, 2.05) is 41.6 Å². The molecule has 134 valence electrons. The van der Waals surface area contributed by atoms with Gasteiger partial charge in [-0.1, -0.05) is 32.0 Å². The van der Waals surface area contributed by atoms with Gasteiger partial charge in [0.25, 0.3) is 0 Å². The zero-order valence-corrected chi connectivity index (χ0v) is 15.7. The van der Waals surface area contributed by atoms with E-state index in [4.69, 9.17) is 0 Å². The molecule has 0 aliphatic rings. The molecule has 1 aromatic heterocycles. The van der Waals surface area contributed by atoms with Crippen molar-refractivity contribution in [3.63, 3.8) is 0 Å². The van der Waals surface area contributed by atoms with Gasteiger partial charge < -0.3 is 10.2 Å². The van der Waals surface area contributed by atoms with Crippen molar-refractivity contribution < 1.29 is 9.59 Å². The molecule has 0 saturated heterocycles. The van der Waals surface area contributed by atoms with Crippen LogP contribution in [-0.2, 0) is 11.2 Å². The van der Waals surface area contributed by atoms with Crippen molar-refractivity contribution in [3.05, 3.63) is 52.2 Å². The van der Waals surface area contributed by atoms with Crippen molar-refractivity contribution in [2.24, 2.45) is 0 Å². The van der Waals surface area contributed by atoms with Crippen LogP contribution in [0.5, 0.6) is 0 Å². The van der Waals surface area contributed by atoms with Gasteiger partial charge in [0.1, 0.15) is 0 Å². The predicted molar refractivity (Wildman–Crippen MR) is 103 cm³/mol. The van der Waals surface area contributed by atoms with Crippen molar-refractivity contribution in [2.75, 3.05) is 25.0 Å². The van der Waals surface area contributed by atoms with Crippen LogP contribution in [0.2, 0.25) is 0 Å². The number of benzene rings is 1. The number of hydrogen-bond acceptors (Lipinski definition) is 4. The first kappa shape index (κ1) is 19.0. The number of rotatable bonds is 7. The smallest absolute Gasteiger partial charge is 0.321 e. The molecule has 0 saturated carbocycles. The molecule has 0 bridgehead atoms. The average Bonchev–Trinajstić information content (AvgIpc) is 3.08. The number of hydrogen-bond donors (Lipinski definition) is 2. The van der Waals surface area contributed by atoms with Gasteiger partial charge in [0.05, 0.1) is 6.54 Å². The second-order valence-electron chi connectivity index (χ2n) is 6.24. The second-order valence-corrected chi connectivity index (χ2v) is 7.27. The molecule has 0 radical (unpaired) electrons. The highest BCUT2D eigenvalue weighted by Gasteiger charge is 2.11. The van der Waals surface area contributed by atoms with Crippen LogP contribution in [0.4, 0.5) is 10.5 Å². The molecule has 25 heavy (non-hydrogen) atoms. The molecule has 0 atom stereocenters. The summed E-state index contributed by atoms with van der Waals surface area (Å²) in [5.41, 5.74) is 2.18. The molecular weight excluding hydrogens is 334 g/mol. The molecule has 2 rings (SSSR count). The van der Waals surface area contributed by atoms with E-state index in [0.717, 1.165) is 12.1 Å². The molecule has 1 aromatic carbocycles. The second kappa shape index (κ2) is 9.22. The number of amides is 3. The molecule has 0 fully saturated rings. The molecule has 0 aliphatic heterocycles. The van der Waals surface area contributed by atoms with Crippen LogP contribution in [-0.4, -0.2) is 32.1 Å². The minimum absolute atomic E-state index is 0.125. The van der Waals surface area contributed by atoms with E-state index < -0.39 is 6.03 Å². The average molecular weight is 359 g/mol. The normalized spacial score (nSPS) is 10.6. The minimum Gasteiger partial charge on any atom is -0.365 e. The van der Waals surface area contributed by atoms with Gasteiger partial charge in [-0.05, 0) is 41.5 Å². The van der Waals surface area contributed by atoms with Gasteiger partial charge >= 0.3 is 6.03 Å². The van der Waals surface area contributed by atoms with Crippen LogP contribution in [0.3, 0.4) is 0 Å². The Morgan fingerprint density at radius 2 is 2.00 bits per heavy atom. The highest BCUT2D eigenvalue weighted by atomic mass is 32.1. The van der Waals surface area contributed by atoms with Crippen molar-refractivity contribution in [2.45, 2.75) is 26.2 Å². The maximum Gasteiger partial charge on any atom is 0.321 e. The topological polar surface area (TPSA) is 61.4 Å². The lowest BCUT2D eigenvalue weighted by Gasteiger charge is -2.20. The lowest BCUT2D eigenvalue weighted by atomic mass is 10.0. The van der Waals surface area contributed by atoms with Crippen LogP contribution in [0.1, 0.15) is 30.2 Å². The highest BCUT2D eigenvalue weighted by molar-refractivity contribution is 7.09. The van der Waals surface area contributed by atoms with Gasteiger partial charge in [-0.3, -0.25) is 10.1 Å². The summed E-state index contributed by atoms with van der Waals surface area (Å²) in [6.45, 7) is 4.89. The Morgan fingerprint density at radius 1 is 1.20 bits per heavy atom. The third kappa shape index (κ3) is 6.23. The fraction of sp³-hybridized carbons (Fsp3) is 0.368. The summed E-state index contributed by atoms with van der Waals surface area (Å²) in [4.78, 5) is 26.9. The number of urea groups is 1. The number of nitrogens with zero attached hydrogens (tertiary/aromatic N) is 1. The standard InChI is InChI=1S/C19H25N3O2S/c1-14(2)15-6-4-7-16(12-15)22(3)13-18(23)21-19(24)20-10-9-17-8-5-11-25-17/h4-8,11-12,14H,9-10,13H2,1-3H3,(H2,20,21,23,24). The summed E-state index contributed by atoms with van der Waals surface area (Å²) < 4.78 is 0. The Bertz CT molecular complexity index is 698. The van der Waals surface area contributed by atoms with E-state index in [0.29, 0.717) is 12.5 Å². The van der Waals surface area contributed by atoms with Gasteiger partial charge in [0.15, 0.2) is 0 Å². The van der Waals surface area contributed by atoms with Gasteiger partial charge in [0, 0.05) is 24.2 Å². The number of carbonyl (C=O) groups excluding carboxylic acids is 2. The Balaban J connectivity index is 1.76. The Kier molecular flexibility index (Phi) is 7.01. The molecule has 6 heteroatoms. The largest absolute Gasteiger partial charge is 0.365 e. The first-order valence-corrected chi connectivity index (χ1v) is 9.25. The van der Waals surface area contributed by atoms with Gasteiger partial charge in [-0.2, -0.15) is 0 Å². The van der Waals surface area contributed by atoms with Crippen LogP contribution in [0.15, 0.2) is 41.8 Å². The molecule has 2 N–H and O–H groups in total. The Hall–Kier alpha value is -2.34. The van der Waals surface area contributed by atoms with Gasteiger partial charge in [-0.25, -0.2) is 4.79 Å². The van der Waals surface area contributed by atoms with Crippen molar-refractivity contribution in [1.82, 2.24) is 10.6 Å². The molecule has 3 amide bonds. The number of nitrogens with one attached hydrogen (secondary N) is 2. The summed E-state index contributed by atoms with van der Waals surface area (Å²) >= 11 is 1.65. The lowest BCUT2D eigenvalue weighted by molar-refractivity contribution is -0.118. The zero-order chi connectivity index (χ0) is 18.2. The number of anilines is 1. The fourth-order valence-electron chi connectivity index (χ4n) is 2.39. The fourth-order valence-corrected chi connectivity index (χ4v) is 3.10. The van der Waals surface area contributed by atoms with Crippen molar-refractivity contribution in [3.8, 4) is 0 Å². The van der Waals surface area contributed by atoms with Gasteiger partial charge in [-0.15, -0.1) is 11.3 Å². The number of carbonyl (C=O) groups is 2. The minimum atomic E-state index is -0.453. The third-order valence-corrected chi connectivity index (χ3v) is 4.78. The van der Waals surface area contributed by atoms with Crippen LogP contribution in [0.25, 0.3) is 0 Å². The Morgan fingerprint density at radius 3 is 2.68 bits per heavy atom. The first-order valence-electron chi connectivity index (χ1n) is 8.37. The number of thiophene rings is 1. The summed E-state index contributed by atoms with van der Waals surface area (Å²) in [7, 11) is 1.84.